The second-order valence-electron chi connectivity index (χ2n) is 8.30. The molecule has 32 heavy (non-hydrogen) atoms. The highest BCUT2D eigenvalue weighted by atomic mass is 32.1. The molecule has 2 unspecified atom stereocenters. The number of amides is 3. The Hall–Kier alpha value is -2.68. The van der Waals surface area contributed by atoms with Gasteiger partial charge in [0.2, 0.25) is 11.8 Å². The number of hydrogen-bond acceptors (Lipinski definition) is 6. The normalized spacial score (nSPS) is 12.9. The molecule has 9 heteroatoms. The lowest BCUT2D eigenvalue weighted by Crippen LogP contribution is -2.53. The van der Waals surface area contributed by atoms with Crippen LogP contribution in [0.5, 0.6) is 5.75 Å². The third kappa shape index (κ3) is 8.82. The maximum Gasteiger partial charge on any atom is 0.408 e. The second kappa shape index (κ2) is 13.0. The number of aromatic hydroxyl groups is 1. The number of thiol groups is 1. The summed E-state index contributed by atoms with van der Waals surface area (Å²) in [7, 11) is 0. The van der Waals surface area contributed by atoms with Gasteiger partial charge in [-0.3, -0.25) is 9.59 Å². The number of carbonyl (C=O) groups is 3. The number of alkyl carbamates (subject to hydrolysis) is 1. The Balaban J connectivity index is 3.25. The summed E-state index contributed by atoms with van der Waals surface area (Å²) in [6, 6.07) is 4.07. The lowest BCUT2D eigenvalue weighted by atomic mass is 10.0. The number of hydrogen-bond donors (Lipinski definition) is 4. The van der Waals surface area contributed by atoms with E-state index in [0.29, 0.717) is 12.1 Å². The molecule has 0 aromatic heterocycles. The zero-order valence-corrected chi connectivity index (χ0v) is 20.2. The van der Waals surface area contributed by atoms with Gasteiger partial charge in [0.05, 0.1) is 0 Å². The van der Waals surface area contributed by atoms with Crippen molar-refractivity contribution in [1.82, 2.24) is 15.5 Å². The van der Waals surface area contributed by atoms with Crippen molar-refractivity contribution < 1.29 is 24.2 Å². The largest absolute Gasteiger partial charge is 0.508 e. The van der Waals surface area contributed by atoms with Gasteiger partial charge in [0.1, 0.15) is 23.4 Å². The van der Waals surface area contributed by atoms with E-state index < -0.39 is 29.7 Å². The van der Waals surface area contributed by atoms with Crippen LogP contribution in [0.3, 0.4) is 0 Å². The summed E-state index contributed by atoms with van der Waals surface area (Å²) in [6.45, 7) is 11.4. The van der Waals surface area contributed by atoms with E-state index in [4.69, 9.17) is 4.74 Å². The van der Waals surface area contributed by atoms with E-state index in [1.165, 1.54) is 23.1 Å². The Morgan fingerprint density at radius 2 is 1.88 bits per heavy atom. The molecule has 2 atom stereocenters. The van der Waals surface area contributed by atoms with Gasteiger partial charge in [0.15, 0.2) is 0 Å². The Morgan fingerprint density at radius 1 is 1.25 bits per heavy atom. The molecule has 3 N–H and O–H groups in total. The van der Waals surface area contributed by atoms with E-state index >= 15 is 0 Å². The van der Waals surface area contributed by atoms with Crippen molar-refractivity contribution in [3.05, 3.63) is 42.5 Å². The van der Waals surface area contributed by atoms with Crippen LogP contribution in [-0.4, -0.2) is 58.4 Å². The van der Waals surface area contributed by atoms with Crippen LogP contribution in [0.15, 0.2) is 36.9 Å². The van der Waals surface area contributed by atoms with Crippen LogP contribution in [0.25, 0.3) is 0 Å². The molecular formula is C23H35N3O5S. The van der Waals surface area contributed by atoms with Crippen molar-refractivity contribution >= 4 is 30.5 Å². The third-order valence-electron chi connectivity index (χ3n) is 4.38. The number of rotatable bonds is 11. The van der Waals surface area contributed by atoms with E-state index in [2.05, 4.69) is 29.8 Å². The number of ether oxygens (including phenoxy) is 1. The summed E-state index contributed by atoms with van der Waals surface area (Å²) in [4.78, 5) is 40.1. The first-order valence-corrected chi connectivity index (χ1v) is 11.3. The van der Waals surface area contributed by atoms with E-state index in [1.807, 2.05) is 6.92 Å². The first-order chi connectivity index (χ1) is 15.0. The summed E-state index contributed by atoms with van der Waals surface area (Å²) >= 11 is 4.22. The molecule has 0 aliphatic heterocycles. The maximum atomic E-state index is 13.4. The van der Waals surface area contributed by atoms with Gasteiger partial charge in [0, 0.05) is 18.8 Å². The Kier molecular flexibility index (Phi) is 11.1. The van der Waals surface area contributed by atoms with Crippen molar-refractivity contribution in [2.45, 2.75) is 58.2 Å². The second-order valence-corrected chi connectivity index (χ2v) is 8.66. The molecule has 1 aromatic rings. The smallest absolute Gasteiger partial charge is 0.408 e. The van der Waals surface area contributed by atoms with E-state index in [-0.39, 0.29) is 24.0 Å². The van der Waals surface area contributed by atoms with Crippen molar-refractivity contribution in [1.29, 1.82) is 0 Å². The molecule has 0 saturated carbocycles. The fourth-order valence-electron chi connectivity index (χ4n) is 2.91. The van der Waals surface area contributed by atoms with Gasteiger partial charge in [-0.2, -0.15) is 12.6 Å². The zero-order chi connectivity index (χ0) is 24.3. The molecule has 0 heterocycles. The lowest BCUT2D eigenvalue weighted by molar-refractivity contribution is -0.141. The van der Waals surface area contributed by atoms with E-state index in [9.17, 15) is 19.5 Å². The van der Waals surface area contributed by atoms with E-state index in [1.54, 1.807) is 32.9 Å². The first kappa shape index (κ1) is 27.4. The van der Waals surface area contributed by atoms with Crippen LogP contribution in [-0.2, 0) is 14.3 Å². The maximum absolute atomic E-state index is 13.4. The molecule has 0 spiro atoms. The summed E-state index contributed by atoms with van der Waals surface area (Å²) in [5.41, 5.74) is -0.217. The van der Waals surface area contributed by atoms with Crippen LogP contribution in [0, 0.1) is 0 Å². The molecule has 178 valence electrons. The van der Waals surface area contributed by atoms with Crippen LogP contribution >= 0.6 is 12.6 Å². The predicted octanol–water partition coefficient (Wildman–Crippen LogP) is 3.19. The van der Waals surface area contributed by atoms with Crippen LogP contribution in [0.1, 0.15) is 52.1 Å². The average Bonchev–Trinajstić information content (AvgIpc) is 2.71. The average molecular weight is 466 g/mol. The summed E-state index contributed by atoms with van der Waals surface area (Å²) < 4.78 is 5.25. The quantitative estimate of drug-likeness (QED) is 0.228. The van der Waals surface area contributed by atoms with Gasteiger partial charge in [-0.15, -0.1) is 6.58 Å². The number of phenols is 1. The molecule has 0 aliphatic carbocycles. The minimum absolute atomic E-state index is 0.00543. The SMILES string of the molecule is C=CCN(C(=O)C(CS)NC(=O)OC(C)(C)C)C(C(=O)NCCCC)c1ccc(O)cc1. The van der Waals surface area contributed by atoms with Gasteiger partial charge >= 0.3 is 6.09 Å². The molecule has 3 amide bonds. The molecule has 1 rings (SSSR count). The minimum atomic E-state index is -1.02. The van der Waals surface area contributed by atoms with Crippen LogP contribution in [0.4, 0.5) is 4.79 Å². The molecule has 0 aliphatic rings. The topological polar surface area (TPSA) is 108 Å². The molecule has 1 aromatic carbocycles. The van der Waals surface area contributed by atoms with Gasteiger partial charge in [-0.1, -0.05) is 31.6 Å². The van der Waals surface area contributed by atoms with E-state index in [0.717, 1.165) is 12.8 Å². The van der Waals surface area contributed by atoms with Crippen molar-refractivity contribution in [2.75, 3.05) is 18.8 Å². The zero-order valence-electron chi connectivity index (χ0n) is 19.3. The fourth-order valence-corrected chi connectivity index (χ4v) is 3.16. The minimum Gasteiger partial charge on any atom is -0.508 e. The van der Waals surface area contributed by atoms with Gasteiger partial charge in [0.25, 0.3) is 0 Å². The summed E-state index contributed by atoms with van der Waals surface area (Å²) in [6.07, 6.45) is 2.45. The summed E-state index contributed by atoms with van der Waals surface area (Å²) in [5.74, 6) is -0.824. The number of carbonyl (C=O) groups excluding carboxylic acids is 3. The Labute approximate surface area is 195 Å². The van der Waals surface area contributed by atoms with Gasteiger partial charge in [-0.25, -0.2) is 4.79 Å². The van der Waals surface area contributed by atoms with Crippen LogP contribution < -0.4 is 10.6 Å². The Bertz CT molecular complexity index is 777. The first-order valence-electron chi connectivity index (χ1n) is 10.6. The molecule has 0 saturated heterocycles. The van der Waals surface area contributed by atoms with Crippen LogP contribution in [0.2, 0.25) is 0 Å². The number of nitrogens with zero attached hydrogens (tertiary/aromatic N) is 1. The number of phenolic OH excluding ortho intramolecular Hbond substituents is 1. The van der Waals surface area contributed by atoms with Crippen molar-refractivity contribution in [3.63, 3.8) is 0 Å². The number of unbranched alkanes of at least 4 members (excludes halogenated alkanes) is 1. The monoisotopic (exact) mass is 465 g/mol. The molecular weight excluding hydrogens is 430 g/mol. The standard InChI is InChI=1S/C23H35N3O5S/c1-6-8-13-24-20(28)19(16-9-11-17(27)12-10-16)26(14-7-2)21(29)18(15-32)25-22(30)31-23(3,4)5/h7,9-12,18-19,27,32H,2,6,8,13-15H2,1,3-5H3,(H,24,28)(H,25,30). The third-order valence-corrected chi connectivity index (χ3v) is 4.74. The van der Waals surface area contributed by atoms with Gasteiger partial charge < -0.3 is 25.4 Å². The Morgan fingerprint density at radius 3 is 2.38 bits per heavy atom. The van der Waals surface area contributed by atoms with Gasteiger partial charge in [-0.05, 0) is 44.9 Å². The fraction of sp³-hybridized carbons (Fsp3) is 0.522. The highest BCUT2D eigenvalue weighted by molar-refractivity contribution is 7.80. The van der Waals surface area contributed by atoms with Crippen molar-refractivity contribution in [2.24, 2.45) is 0 Å². The highest BCUT2D eigenvalue weighted by Crippen LogP contribution is 2.24. The predicted molar refractivity (Wildman–Crippen MR) is 128 cm³/mol. The lowest BCUT2D eigenvalue weighted by Gasteiger charge is -2.33. The number of nitrogens with one attached hydrogen (secondary N) is 2. The molecule has 0 fully saturated rings. The number of benzene rings is 1. The molecule has 0 bridgehead atoms. The molecule has 8 nitrogen and oxygen atoms in total. The highest BCUT2D eigenvalue weighted by Gasteiger charge is 2.35. The van der Waals surface area contributed by atoms with Crippen molar-refractivity contribution in [3.8, 4) is 5.75 Å². The summed E-state index contributed by atoms with van der Waals surface area (Å²) in [5, 5.41) is 15.0. The molecule has 0 radical (unpaired) electrons.